The van der Waals surface area contributed by atoms with Crippen molar-refractivity contribution in [1.29, 1.82) is 0 Å². The van der Waals surface area contributed by atoms with E-state index >= 15 is 0 Å². The Hall–Kier alpha value is -1.78. The monoisotopic (exact) mass is 364 g/mol. The number of fused-ring (bicyclic) bond motifs is 1. The SMILES string of the molecule is Cc1cc(Br)c(O)c(-c2cc(=O)c3cccc(Cl)c3o2)c1. The molecule has 0 fully saturated rings. The summed E-state index contributed by atoms with van der Waals surface area (Å²) in [5.41, 5.74) is 1.49. The number of rotatable bonds is 1. The first-order valence-electron chi connectivity index (χ1n) is 6.19. The molecule has 0 spiro atoms. The summed E-state index contributed by atoms with van der Waals surface area (Å²) >= 11 is 9.37. The van der Waals surface area contributed by atoms with Gasteiger partial charge < -0.3 is 9.52 Å². The summed E-state index contributed by atoms with van der Waals surface area (Å²) in [6, 6.07) is 9.90. The van der Waals surface area contributed by atoms with E-state index in [9.17, 15) is 9.90 Å². The number of hydrogen-bond acceptors (Lipinski definition) is 3. The Bertz CT molecular complexity index is 915. The van der Waals surface area contributed by atoms with Crippen LogP contribution in [0.2, 0.25) is 5.02 Å². The standard InChI is InChI=1S/C16H10BrClO3/c1-8-5-10(15(20)11(17)6-8)14-7-13(19)9-3-2-4-12(18)16(9)21-14/h2-7,20H,1H3. The third-order valence-corrected chi connectivity index (χ3v) is 4.08. The van der Waals surface area contributed by atoms with Gasteiger partial charge in [0.05, 0.1) is 20.4 Å². The predicted molar refractivity (Wildman–Crippen MR) is 87.0 cm³/mol. The quantitative estimate of drug-likeness (QED) is 0.668. The van der Waals surface area contributed by atoms with Crippen molar-refractivity contribution in [3.05, 3.63) is 61.7 Å². The Labute approximate surface area is 133 Å². The van der Waals surface area contributed by atoms with E-state index in [0.717, 1.165) is 5.56 Å². The molecule has 1 N–H and O–H groups in total. The Kier molecular flexibility index (Phi) is 3.51. The highest BCUT2D eigenvalue weighted by Crippen LogP contribution is 2.37. The molecule has 1 heterocycles. The highest BCUT2D eigenvalue weighted by molar-refractivity contribution is 9.10. The van der Waals surface area contributed by atoms with E-state index in [1.807, 2.05) is 6.92 Å². The minimum atomic E-state index is -0.203. The number of aromatic hydroxyl groups is 1. The molecular formula is C16H10BrClO3. The molecule has 106 valence electrons. The largest absolute Gasteiger partial charge is 0.506 e. The van der Waals surface area contributed by atoms with Gasteiger partial charge in [-0.1, -0.05) is 17.7 Å². The van der Waals surface area contributed by atoms with Gasteiger partial charge in [-0.25, -0.2) is 0 Å². The molecule has 0 aliphatic rings. The maximum absolute atomic E-state index is 12.2. The second-order valence-corrected chi connectivity index (χ2v) is 6.00. The first-order chi connectivity index (χ1) is 9.97. The summed E-state index contributed by atoms with van der Waals surface area (Å²) in [5, 5.41) is 10.9. The van der Waals surface area contributed by atoms with Gasteiger partial charge in [0.25, 0.3) is 0 Å². The van der Waals surface area contributed by atoms with Crippen LogP contribution in [0, 0.1) is 6.92 Å². The van der Waals surface area contributed by atoms with Crippen molar-refractivity contribution in [1.82, 2.24) is 0 Å². The summed E-state index contributed by atoms with van der Waals surface area (Å²) < 4.78 is 6.28. The Balaban J connectivity index is 2.37. The Morgan fingerprint density at radius 2 is 2.00 bits per heavy atom. The van der Waals surface area contributed by atoms with E-state index in [1.165, 1.54) is 6.07 Å². The van der Waals surface area contributed by atoms with Crippen LogP contribution in [0.5, 0.6) is 5.75 Å². The van der Waals surface area contributed by atoms with Crippen LogP contribution in [-0.2, 0) is 0 Å². The van der Waals surface area contributed by atoms with Gasteiger partial charge in [0, 0.05) is 6.07 Å². The summed E-state index contributed by atoms with van der Waals surface area (Å²) in [6.07, 6.45) is 0. The molecule has 0 radical (unpaired) electrons. The van der Waals surface area contributed by atoms with Crippen LogP contribution < -0.4 is 5.43 Å². The van der Waals surface area contributed by atoms with Crippen molar-refractivity contribution >= 4 is 38.5 Å². The minimum absolute atomic E-state index is 0.0233. The number of halogens is 2. The number of para-hydroxylation sites is 1. The molecular weight excluding hydrogens is 356 g/mol. The summed E-state index contributed by atoms with van der Waals surface area (Å²) in [6.45, 7) is 1.89. The Morgan fingerprint density at radius 3 is 2.76 bits per heavy atom. The maximum atomic E-state index is 12.2. The van der Waals surface area contributed by atoms with Crippen molar-refractivity contribution in [2.24, 2.45) is 0 Å². The van der Waals surface area contributed by atoms with Crippen LogP contribution in [-0.4, -0.2) is 5.11 Å². The molecule has 2 aromatic carbocycles. The zero-order chi connectivity index (χ0) is 15.1. The summed E-state index contributed by atoms with van der Waals surface area (Å²) in [5.74, 6) is 0.303. The van der Waals surface area contributed by atoms with Crippen LogP contribution in [0.15, 0.2) is 50.1 Å². The second-order valence-electron chi connectivity index (χ2n) is 4.73. The molecule has 0 atom stereocenters. The first kappa shape index (κ1) is 14.2. The molecule has 1 aromatic heterocycles. The van der Waals surface area contributed by atoms with Crippen molar-refractivity contribution in [2.75, 3.05) is 0 Å². The summed E-state index contributed by atoms with van der Waals surface area (Å²) in [7, 11) is 0. The number of phenolic OH excluding ortho intramolecular Hbond substituents is 1. The number of aryl methyl sites for hydroxylation is 1. The number of phenols is 1. The molecule has 0 bridgehead atoms. The predicted octanol–water partition coefficient (Wildman–Crippen LogP) is 4.89. The van der Waals surface area contributed by atoms with Gasteiger partial charge in [-0.2, -0.15) is 0 Å². The van der Waals surface area contributed by atoms with Crippen LogP contribution in [0.3, 0.4) is 0 Å². The highest BCUT2D eigenvalue weighted by Gasteiger charge is 2.14. The minimum Gasteiger partial charge on any atom is -0.506 e. The zero-order valence-electron chi connectivity index (χ0n) is 11.0. The second kappa shape index (κ2) is 5.20. The molecule has 0 amide bonds. The fourth-order valence-electron chi connectivity index (χ4n) is 2.20. The lowest BCUT2D eigenvalue weighted by atomic mass is 10.1. The van der Waals surface area contributed by atoms with Crippen molar-refractivity contribution in [2.45, 2.75) is 6.92 Å². The molecule has 3 aromatic rings. The van der Waals surface area contributed by atoms with Crippen LogP contribution in [0.25, 0.3) is 22.3 Å². The molecule has 0 saturated heterocycles. The molecule has 5 heteroatoms. The van der Waals surface area contributed by atoms with Gasteiger partial charge in [0.1, 0.15) is 11.5 Å². The fourth-order valence-corrected chi connectivity index (χ4v) is 2.99. The lowest BCUT2D eigenvalue weighted by Crippen LogP contribution is -2.00. The maximum Gasteiger partial charge on any atom is 0.193 e. The third-order valence-electron chi connectivity index (χ3n) is 3.18. The van der Waals surface area contributed by atoms with Gasteiger partial charge >= 0.3 is 0 Å². The fraction of sp³-hybridized carbons (Fsp3) is 0.0625. The smallest absolute Gasteiger partial charge is 0.193 e. The molecule has 3 rings (SSSR count). The lowest BCUT2D eigenvalue weighted by Gasteiger charge is -2.08. The summed E-state index contributed by atoms with van der Waals surface area (Å²) in [4.78, 5) is 12.2. The van der Waals surface area contributed by atoms with Gasteiger partial charge in [-0.3, -0.25) is 4.79 Å². The van der Waals surface area contributed by atoms with E-state index in [2.05, 4.69) is 15.9 Å². The van der Waals surface area contributed by atoms with Crippen LogP contribution >= 0.6 is 27.5 Å². The molecule has 0 unspecified atom stereocenters. The molecule has 0 aliphatic heterocycles. The van der Waals surface area contributed by atoms with Crippen molar-refractivity contribution in [3.63, 3.8) is 0 Å². The van der Waals surface area contributed by atoms with E-state index in [-0.39, 0.29) is 16.9 Å². The van der Waals surface area contributed by atoms with Crippen LogP contribution in [0.4, 0.5) is 0 Å². The zero-order valence-corrected chi connectivity index (χ0v) is 13.3. The molecule has 21 heavy (non-hydrogen) atoms. The van der Waals surface area contributed by atoms with E-state index in [4.69, 9.17) is 16.0 Å². The topological polar surface area (TPSA) is 50.4 Å². The molecule has 0 aliphatic carbocycles. The number of benzene rings is 2. The van der Waals surface area contributed by atoms with Crippen LogP contribution in [0.1, 0.15) is 5.56 Å². The highest BCUT2D eigenvalue weighted by atomic mass is 79.9. The van der Waals surface area contributed by atoms with Gasteiger partial charge in [-0.15, -0.1) is 0 Å². The van der Waals surface area contributed by atoms with E-state index < -0.39 is 0 Å². The average molecular weight is 366 g/mol. The first-order valence-corrected chi connectivity index (χ1v) is 7.36. The van der Waals surface area contributed by atoms with Crippen molar-refractivity contribution in [3.8, 4) is 17.1 Å². The Morgan fingerprint density at radius 1 is 1.24 bits per heavy atom. The number of hydrogen-bond donors (Lipinski definition) is 1. The van der Waals surface area contributed by atoms with E-state index in [0.29, 0.717) is 26.0 Å². The lowest BCUT2D eigenvalue weighted by molar-refractivity contribution is 0.471. The molecule has 3 nitrogen and oxygen atoms in total. The average Bonchev–Trinajstić information content (AvgIpc) is 2.44. The van der Waals surface area contributed by atoms with Gasteiger partial charge in [0.2, 0.25) is 0 Å². The van der Waals surface area contributed by atoms with E-state index in [1.54, 1.807) is 30.3 Å². The third kappa shape index (κ3) is 2.45. The van der Waals surface area contributed by atoms with Crippen molar-refractivity contribution < 1.29 is 9.52 Å². The normalized spacial score (nSPS) is 11.0. The van der Waals surface area contributed by atoms with Gasteiger partial charge in [0.15, 0.2) is 11.0 Å². The van der Waals surface area contributed by atoms with Gasteiger partial charge in [-0.05, 0) is 52.7 Å². The molecule has 0 saturated carbocycles.